The van der Waals surface area contributed by atoms with Gasteiger partial charge in [0.05, 0.1) is 22.3 Å². The lowest BCUT2D eigenvalue weighted by Crippen LogP contribution is -2.44. The van der Waals surface area contributed by atoms with Gasteiger partial charge in [0.15, 0.2) is 0 Å². The van der Waals surface area contributed by atoms with E-state index in [0.29, 0.717) is 12.8 Å². The SMILES string of the molecule is CCCCN1C(=O)c2ccc3cc2C(=O)N(CCCC)C(=O)c2cc-3ccc2C1=O. The average Bonchev–Trinajstić information content (AvgIpc) is 2.79. The summed E-state index contributed by atoms with van der Waals surface area (Å²) in [5.41, 5.74) is 2.14. The number of hydrogen-bond acceptors (Lipinski definition) is 4. The third-order valence-corrected chi connectivity index (χ3v) is 5.75. The fourth-order valence-electron chi connectivity index (χ4n) is 3.98. The van der Waals surface area contributed by atoms with Crippen molar-refractivity contribution in [2.45, 2.75) is 39.5 Å². The third-order valence-electron chi connectivity index (χ3n) is 5.75. The molecule has 2 heterocycles. The van der Waals surface area contributed by atoms with E-state index in [1.807, 2.05) is 13.8 Å². The van der Waals surface area contributed by atoms with Crippen molar-refractivity contribution in [2.75, 3.05) is 13.1 Å². The number of carbonyl (C=O) groups excluding carboxylic acids is 4. The fraction of sp³-hybridized carbons (Fsp3) is 0.333. The molecule has 0 saturated heterocycles. The summed E-state index contributed by atoms with van der Waals surface area (Å²) in [6.07, 6.45) is 2.89. The molecule has 0 fully saturated rings. The van der Waals surface area contributed by atoms with E-state index < -0.39 is 23.6 Å². The van der Waals surface area contributed by atoms with Crippen molar-refractivity contribution >= 4 is 23.6 Å². The first-order chi connectivity index (χ1) is 14.5. The molecule has 2 aliphatic rings. The number of nitrogens with zero attached hydrogens (tertiary/aromatic N) is 2. The van der Waals surface area contributed by atoms with E-state index in [1.165, 1.54) is 9.80 Å². The summed E-state index contributed by atoms with van der Waals surface area (Å²) in [4.78, 5) is 56.1. The predicted octanol–water partition coefficient (Wildman–Crippen LogP) is 4.15. The minimum atomic E-state index is -0.497. The van der Waals surface area contributed by atoms with Crippen LogP contribution in [0.3, 0.4) is 0 Å². The normalized spacial score (nSPS) is 15.3. The zero-order valence-corrected chi connectivity index (χ0v) is 17.2. The van der Waals surface area contributed by atoms with Crippen molar-refractivity contribution in [1.82, 2.24) is 9.80 Å². The molecule has 154 valence electrons. The fourth-order valence-corrected chi connectivity index (χ4v) is 3.98. The molecule has 0 aliphatic carbocycles. The van der Waals surface area contributed by atoms with Crippen LogP contribution in [0.5, 0.6) is 0 Å². The van der Waals surface area contributed by atoms with Crippen molar-refractivity contribution in [3.8, 4) is 11.1 Å². The molecule has 4 rings (SSSR count). The maximum absolute atomic E-state index is 13.5. The monoisotopic (exact) mass is 404 g/mol. The molecule has 30 heavy (non-hydrogen) atoms. The Morgan fingerprint density at radius 2 is 0.933 bits per heavy atom. The highest BCUT2D eigenvalue weighted by atomic mass is 16.2. The van der Waals surface area contributed by atoms with Crippen molar-refractivity contribution in [1.29, 1.82) is 0 Å². The van der Waals surface area contributed by atoms with Crippen molar-refractivity contribution in [3.63, 3.8) is 0 Å². The van der Waals surface area contributed by atoms with E-state index in [4.69, 9.17) is 0 Å². The molecule has 6 nitrogen and oxygen atoms in total. The average molecular weight is 404 g/mol. The number of unbranched alkanes of at least 4 members (excludes halogenated alkanes) is 2. The Bertz CT molecular complexity index is 989. The lowest BCUT2D eigenvalue weighted by atomic mass is 9.97. The molecule has 2 aromatic carbocycles. The van der Waals surface area contributed by atoms with Crippen LogP contribution in [0.25, 0.3) is 11.1 Å². The highest BCUT2D eigenvalue weighted by Gasteiger charge is 2.37. The second kappa shape index (κ2) is 7.86. The Labute approximate surface area is 175 Å². The Morgan fingerprint density at radius 3 is 1.30 bits per heavy atom. The van der Waals surface area contributed by atoms with Crippen LogP contribution < -0.4 is 0 Å². The molecule has 2 aliphatic heterocycles. The van der Waals surface area contributed by atoms with E-state index in [9.17, 15) is 19.2 Å². The number of fused-ring (bicyclic) bond motifs is 5. The van der Waals surface area contributed by atoms with Gasteiger partial charge in [0, 0.05) is 13.1 Å². The summed E-state index contributed by atoms with van der Waals surface area (Å²) in [6.45, 7) is 4.43. The molecule has 2 aromatic rings. The molecular formula is C24H24N2O4. The number of amides is 4. The highest BCUT2D eigenvalue weighted by molar-refractivity contribution is 6.23. The van der Waals surface area contributed by atoms with Crippen molar-refractivity contribution in [2.24, 2.45) is 0 Å². The van der Waals surface area contributed by atoms with Crippen LogP contribution in [0.4, 0.5) is 0 Å². The molecule has 0 aromatic heterocycles. The van der Waals surface area contributed by atoms with Crippen LogP contribution in [-0.2, 0) is 0 Å². The maximum atomic E-state index is 13.5. The van der Waals surface area contributed by atoms with Gasteiger partial charge in [-0.25, -0.2) is 0 Å². The molecule has 4 bridgehead atoms. The van der Waals surface area contributed by atoms with E-state index in [1.54, 1.807) is 36.4 Å². The number of rotatable bonds is 6. The van der Waals surface area contributed by atoms with Gasteiger partial charge in [0.2, 0.25) is 0 Å². The van der Waals surface area contributed by atoms with Gasteiger partial charge < -0.3 is 0 Å². The highest BCUT2D eigenvalue weighted by Crippen LogP contribution is 2.32. The summed E-state index contributed by atoms with van der Waals surface area (Å²) < 4.78 is 0. The Kier molecular flexibility index (Phi) is 5.24. The second-order valence-corrected chi connectivity index (χ2v) is 7.75. The van der Waals surface area contributed by atoms with Crippen molar-refractivity contribution in [3.05, 3.63) is 58.7 Å². The number of imide groups is 2. The van der Waals surface area contributed by atoms with Gasteiger partial charge in [-0.3, -0.25) is 29.0 Å². The lowest BCUT2D eigenvalue weighted by molar-refractivity contribution is 0.0560. The standard InChI is InChI=1S/C24H24N2O4/c1-3-5-11-25-21(27)17-9-7-15-13-19(17)23(29)26(12-6-4-2)24(30)20-14-16(15)8-10-18(20)22(25)28/h7-10,13-14H,3-6,11-12H2,1-2H3. The first-order valence-electron chi connectivity index (χ1n) is 10.5. The summed E-state index contributed by atoms with van der Waals surface area (Å²) in [5, 5.41) is 0. The first kappa shape index (κ1) is 20.0. The van der Waals surface area contributed by atoms with E-state index in [0.717, 1.165) is 24.0 Å². The molecule has 0 spiro atoms. The minimum absolute atomic E-state index is 0.161. The Hall–Kier alpha value is -3.28. The zero-order valence-electron chi connectivity index (χ0n) is 17.2. The van der Waals surface area contributed by atoms with Crippen LogP contribution in [0.15, 0.2) is 36.4 Å². The van der Waals surface area contributed by atoms with E-state index in [-0.39, 0.29) is 35.3 Å². The van der Waals surface area contributed by atoms with Gasteiger partial charge in [-0.05, 0) is 48.2 Å². The van der Waals surface area contributed by atoms with Gasteiger partial charge in [-0.1, -0.05) is 38.8 Å². The molecule has 6 heteroatoms. The van der Waals surface area contributed by atoms with Crippen LogP contribution in [0.1, 0.15) is 81.0 Å². The van der Waals surface area contributed by atoms with Gasteiger partial charge in [0.1, 0.15) is 0 Å². The van der Waals surface area contributed by atoms with E-state index >= 15 is 0 Å². The molecule has 0 radical (unpaired) electrons. The number of hydrogen-bond donors (Lipinski definition) is 0. The third kappa shape index (κ3) is 3.12. The van der Waals surface area contributed by atoms with Gasteiger partial charge in [-0.15, -0.1) is 0 Å². The molecule has 0 atom stereocenters. The Balaban J connectivity index is 2.04. The number of benzene rings is 2. The summed E-state index contributed by atoms with van der Waals surface area (Å²) in [6, 6.07) is 10.1. The topological polar surface area (TPSA) is 74.8 Å². The summed E-state index contributed by atoms with van der Waals surface area (Å²) in [5.74, 6) is -1.97. The van der Waals surface area contributed by atoms with Crippen LogP contribution in [0.2, 0.25) is 0 Å². The lowest BCUT2D eigenvalue weighted by Gasteiger charge is -2.27. The summed E-state index contributed by atoms with van der Waals surface area (Å²) in [7, 11) is 0. The first-order valence-corrected chi connectivity index (χ1v) is 10.5. The Morgan fingerprint density at radius 1 is 0.567 bits per heavy atom. The minimum Gasteiger partial charge on any atom is -0.274 e. The molecule has 0 unspecified atom stereocenters. The predicted molar refractivity (Wildman–Crippen MR) is 112 cm³/mol. The second-order valence-electron chi connectivity index (χ2n) is 7.75. The van der Waals surface area contributed by atoms with Gasteiger partial charge in [0.25, 0.3) is 23.6 Å². The van der Waals surface area contributed by atoms with Crippen molar-refractivity contribution < 1.29 is 19.2 Å². The molecule has 0 N–H and O–H groups in total. The van der Waals surface area contributed by atoms with Crippen LogP contribution in [0, 0.1) is 0 Å². The maximum Gasteiger partial charge on any atom is 0.261 e. The summed E-state index contributed by atoms with van der Waals surface area (Å²) >= 11 is 0. The van der Waals surface area contributed by atoms with Crippen LogP contribution in [-0.4, -0.2) is 46.5 Å². The largest absolute Gasteiger partial charge is 0.274 e. The smallest absolute Gasteiger partial charge is 0.261 e. The van der Waals surface area contributed by atoms with Gasteiger partial charge in [-0.2, -0.15) is 0 Å². The van der Waals surface area contributed by atoms with Crippen LogP contribution >= 0.6 is 0 Å². The quantitative estimate of drug-likeness (QED) is 0.678. The van der Waals surface area contributed by atoms with E-state index in [2.05, 4.69) is 0 Å². The number of carbonyl (C=O) groups is 4. The molecule has 4 amide bonds. The molecule has 0 saturated carbocycles. The zero-order chi connectivity index (χ0) is 21.4. The van der Waals surface area contributed by atoms with Gasteiger partial charge >= 0.3 is 0 Å². The molecular weight excluding hydrogens is 380 g/mol.